The standard InChI is InChI=1S/C29H40N6O5S/c1-3-4-15-35(29(37)31-25-20-30-34(22-25)18-19-36)26-13-16-33(17-14-26)21-23-5-9-27(10-6-23)40-28-11-7-24(8-12-28)32-41(2,38)39/h5-12,20,22,26,32,36H,3-4,13-19,21H2,1-2H3,(H,31,37). The lowest BCUT2D eigenvalue weighted by molar-refractivity contribution is 0.122. The van der Waals surface area contributed by atoms with Crippen molar-refractivity contribution in [2.45, 2.75) is 51.7 Å². The number of hydrogen-bond acceptors (Lipinski definition) is 7. The number of hydrogen-bond donors (Lipinski definition) is 3. The molecule has 11 nitrogen and oxygen atoms in total. The van der Waals surface area contributed by atoms with E-state index < -0.39 is 10.0 Å². The molecule has 0 aliphatic carbocycles. The van der Waals surface area contributed by atoms with Crippen molar-refractivity contribution in [3.05, 3.63) is 66.5 Å². The van der Waals surface area contributed by atoms with Crippen LogP contribution < -0.4 is 14.8 Å². The third-order valence-electron chi connectivity index (χ3n) is 6.95. The van der Waals surface area contributed by atoms with Gasteiger partial charge in [0.2, 0.25) is 10.0 Å². The van der Waals surface area contributed by atoms with E-state index in [-0.39, 0.29) is 18.7 Å². The van der Waals surface area contributed by atoms with Crippen LogP contribution in [0.2, 0.25) is 0 Å². The van der Waals surface area contributed by atoms with E-state index in [1.807, 2.05) is 17.0 Å². The molecule has 12 heteroatoms. The monoisotopic (exact) mass is 584 g/mol. The van der Waals surface area contributed by atoms with Gasteiger partial charge in [-0.3, -0.25) is 14.3 Å². The van der Waals surface area contributed by atoms with Crippen molar-refractivity contribution in [3.8, 4) is 11.5 Å². The summed E-state index contributed by atoms with van der Waals surface area (Å²) in [5.41, 5.74) is 2.30. The highest BCUT2D eigenvalue weighted by Gasteiger charge is 2.28. The molecule has 3 N–H and O–H groups in total. The third kappa shape index (κ3) is 9.48. The van der Waals surface area contributed by atoms with Crippen molar-refractivity contribution in [1.29, 1.82) is 0 Å². The smallest absolute Gasteiger partial charge is 0.322 e. The average molecular weight is 585 g/mol. The number of likely N-dealkylation sites (tertiary alicyclic amines) is 1. The molecule has 2 aromatic carbocycles. The number of rotatable bonds is 13. The summed E-state index contributed by atoms with van der Waals surface area (Å²) in [7, 11) is -3.32. The SMILES string of the molecule is CCCCN(C(=O)Nc1cnn(CCO)c1)C1CCN(Cc2ccc(Oc3ccc(NS(C)(=O)=O)cc3)cc2)CC1. The number of ether oxygens (including phenoxy) is 1. The quantitative estimate of drug-likeness (QED) is 0.273. The van der Waals surface area contributed by atoms with Gasteiger partial charge in [-0.05, 0) is 61.2 Å². The van der Waals surface area contributed by atoms with Crippen molar-refractivity contribution >= 4 is 27.4 Å². The van der Waals surface area contributed by atoms with E-state index in [2.05, 4.69) is 39.1 Å². The molecule has 0 spiro atoms. The first-order chi connectivity index (χ1) is 19.7. The summed E-state index contributed by atoms with van der Waals surface area (Å²) in [5, 5.41) is 16.3. The van der Waals surface area contributed by atoms with Crippen molar-refractivity contribution in [2.75, 3.05) is 42.5 Å². The Labute approximate surface area is 242 Å². The number of carbonyl (C=O) groups is 1. The van der Waals surface area contributed by atoms with E-state index in [0.717, 1.165) is 58.1 Å². The van der Waals surface area contributed by atoms with Crippen LogP contribution in [0.5, 0.6) is 11.5 Å². The second-order valence-corrected chi connectivity index (χ2v) is 12.1. The van der Waals surface area contributed by atoms with Gasteiger partial charge in [-0.25, -0.2) is 13.2 Å². The van der Waals surface area contributed by atoms with Gasteiger partial charge in [0.25, 0.3) is 0 Å². The number of aliphatic hydroxyl groups excluding tert-OH is 1. The van der Waals surface area contributed by atoms with Gasteiger partial charge in [-0.15, -0.1) is 0 Å². The minimum Gasteiger partial charge on any atom is -0.457 e. The van der Waals surface area contributed by atoms with Gasteiger partial charge in [-0.2, -0.15) is 5.10 Å². The van der Waals surface area contributed by atoms with Crippen LogP contribution in [0.4, 0.5) is 16.2 Å². The van der Waals surface area contributed by atoms with Gasteiger partial charge in [0.1, 0.15) is 11.5 Å². The predicted molar refractivity (Wildman–Crippen MR) is 160 cm³/mol. The third-order valence-corrected chi connectivity index (χ3v) is 7.55. The zero-order valence-electron chi connectivity index (χ0n) is 23.7. The normalized spacial score (nSPS) is 14.5. The topological polar surface area (TPSA) is 129 Å². The van der Waals surface area contributed by atoms with Crippen LogP contribution in [0.25, 0.3) is 0 Å². The Kier molecular flexibility index (Phi) is 10.6. The maximum absolute atomic E-state index is 13.2. The summed E-state index contributed by atoms with van der Waals surface area (Å²) < 4.78 is 32.7. The number of aromatic nitrogens is 2. The summed E-state index contributed by atoms with van der Waals surface area (Å²) in [6.45, 7) is 5.87. The zero-order chi connectivity index (χ0) is 29.2. The van der Waals surface area contributed by atoms with Crippen molar-refractivity contribution in [3.63, 3.8) is 0 Å². The van der Waals surface area contributed by atoms with E-state index in [0.29, 0.717) is 29.4 Å². The first kappa shape index (κ1) is 30.4. The minimum absolute atomic E-state index is 0.00284. The number of nitrogens with one attached hydrogen (secondary N) is 2. The number of urea groups is 1. The summed E-state index contributed by atoms with van der Waals surface area (Å²) in [6, 6.07) is 14.8. The molecule has 0 unspecified atom stereocenters. The summed E-state index contributed by atoms with van der Waals surface area (Å²) in [6.07, 6.45) is 8.25. The summed E-state index contributed by atoms with van der Waals surface area (Å²) in [4.78, 5) is 17.6. The van der Waals surface area contributed by atoms with E-state index >= 15 is 0 Å². The fraction of sp³-hybridized carbons (Fsp3) is 0.448. The molecule has 1 fully saturated rings. The minimum atomic E-state index is -3.32. The number of anilines is 2. The highest BCUT2D eigenvalue weighted by atomic mass is 32.2. The fourth-order valence-corrected chi connectivity index (χ4v) is 5.44. The van der Waals surface area contributed by atoms with Gasteiger partial charge < -0.3 is 20.1 Å². The zero-order valence-corrected chi connectivity index (χ0v) is 24.5. The number of unbranched alkanes of at least 4 members (excludes halogenated alkanes) is 1. The van der Waals surface area contributed by atoms with Crippen LogP contribution in [0.15, 0.2) is 60.9 Å². The lowest BCUT2D eigenvalue weighted by Crippen LogP contribution is -2.49. The van der Waals surface area contributed by atoms with Crippen molar-refractivity contribution in [2.24, 2.45) is 0 Å². The number of sulfonamides is 1. The molecular formula is C29H40N6O5S. The Morgan fingerprint density at radius 1 is 1.07 bits per heavy atom. The Hall–Kier alpha value is -3.61. The van der Waals surface area contributed by atoms with Crippen LogP contribution in [0.3, 0.4) is 0 Å². The maximum atomic E-state index is 13.2. The average Bonchev–Trinajstić information content (AvgIpc) is 3.38. The summed E-state index contributed by atoms with van der Waals surface area (Å²) in [5.74, 6) is 1.32. The number of carbonyl (C=O) groups excluding carboxylic acids is 1. The van der Waals surface area contributed by atoms with Crippen molar-refractivity contribution < 1.29 is 23.1 Å². The van der Waals surface area contributed by atoms with Gasteiger partial charge in [0.05, 0.1) is 31.3 Å². The molecule has 0 radical (unpaired) electrons. The van der Waals surface area contributed by atoms with Gasteiger partial charge in [-0.1, -0.05) is 25.5 Å². The Morgan fingerprint density at radius 3 is 2.34 bits per heavy atom. The number of aliphatic hydroxyl groups is 1. The van der Waals surface area contributed by atoms with Crippen LogP contribution in [-0.4, -0.2) is 77.7 Å². The Bertz CT molecular complexity index is 1350. The van der Waals surface area contributed by atoms with Gasteiger partial charge >= 0.3 is 6.03 Å². The molecule has 3 aromatic rings. The number of amides is 2. The van der Waals surface area contributed by atoms with E-state index in [1.165, 1.54) is 5.56 Å². The maximum Gasteiger partial charge on any atom is 0.322 e. The van der Waals surface area contributed by atoms with Gasteiger partial charge in [0, 0.05) is 44.1 Å². The Balaban J connectivity index is 1.26. The Morgan fingerprint density at radius 2 is 1.73 bits per heavy atom. The largest absolute Gasteiger partial charge is 0.457 e. The molecule has 1 aliphatic rings. The fourth-order valence-electron chi connectivity index (χ4n) is 4.88. The molecule has 0 atom stereocenters. The number of nitrogens with zero attached hydrogens (tertiary/aromatic N) is 4. The van der Waals surface area contributed by atoms with E-state index in [4.69, 9.17) is 9.84 Å². The van der Waals surface area contributed by atoms with Crippen LogP contribution >= 0.6 is 0 Å². The first-order valence-corrected chi connectivity index (χ1v) is 15.9. The lowest BCUT2D eigenvalue weighted by Gasteiger charge is -2.38. The second-order valence-electron chi connectivity index (χ2n) is 10.3. The van der Waals surface area contributed by atoms with Crippen LogP contribution in [0, 0.1) is 0 Å². The van der Waals surface area contributed by atoms with Crippen LogP contribution in [-0.2, 0) is 23.1 Å². The molecule has 1 aliphatic heterocycles. The van der Waals surface area contributed by atoms with Gasteiger partial charge in [0.15, 0.2) is 0 Å². The van der Waals surface area contributed by atoms with E-state index in [1.54, 1.807) is 41.3 Å². The second kappa shape index (κ2) is 14.3. The van der Waals surface area contributed by atoms with E-state index in [9.17, 15) is 13.2 Å². The highest BCUT2D eigenvalue weighted by Crippen LogP contribution is 2.25. The molecule has 2 amide bonds. The molecule has 222 valence electrons. The molecular weight excluding hydrogens is 544 g/mol. The molecule has 4 rings (SSSR count). The number of benzene rings is 2. The van der Waals surface area contributed by atoms with Crippen LogP contribution in [0.1, 0.15) is 38.2 Å². The lowest BCUT2D eigenvalue weighted by atomic mass is 10.0. The molecule has 1 aromatic heterocycles. The molecule has 1 saturated heterocycles. The number of piperidine rings is 1. The highest BCUT2D eigenvalue weighted by molar-refractivity contribution is 7.92. The predicted octanol–water partition coefficient (Wildman–Crippen LogP) is 4.34. The molecule has 41 heavy (non-hydrogen) atoms. The summed E-state index contributed by atoms with van der Waals surface area (Å²) >= 11 is 0. The van der Waals surface area contributed by atoms with Crippen molar-refractivity contribution in [1.82, 2.24) is 19.6 Å². The molecule has 0 saturated carbocycles. The first-order valence-electron chi connectivity index (χ1n) is 14.0. The molecule has 0 bridgehead atoms. The molecule has 2 heterocycles.